The normalized spacial score (nSPS) is 15.7. The molecule has 19 heavy (non-hydrogen) atoms. The molecule has 0 unspecified atom stereocenters. The van der Waals surface area contributed by atoms with Crippen LogP contribution in [-0.2, 0) is 6.54 Å². The summed E-state index contributed by atoms with van der Waals surface area (Å²) >= 11 is 1.68. The van der Waals surface area contributed by atoms with Gasteiger partial charge in [-0.2, -0.15) is 0 Å². The third kappa shape index (κ3) is 2.83. The summed E-state index contributed by atoms with van der Waals surface area (Å²) in [4.78, 5) is 11.5. The van der Waals surface area contributed by atoms with Gasteiger partial charge in [0.05, 0.1) is 11.4 Å². The number of nitrogens with one attached hydrogen (secondary N) is 1. The van der Waals surface area contributed by atoms with E-state index >= 15 is 0 Å². The number of hydrogen-bond acceptors (Lipinski definition) is 5. The number of pyridine rings is 1. The van der Waals surface area contributed by atoms with Crippen LogP contribution in [0.3, 0.4) is 0 Å². The van der Waals surface area contributed by atoms with Gasteiger partial charge in [-0.15, -0.1) is 11.3 Å². The summed E-state index contributed by atoms with van der Waals surface area (Å²) in [5.41, 5.74) is 2.12. The monoisotopic (exact) mass is 274 g/mol. The Hall–Kier alpha value is -1.30. The van der Waals surface area contributed by atoms with E-state index in [-0.39, 0.29) is 0 Å². The second-order valence-electron chi connectivity index (χ2n) is 4.73. The van der Waals surface area contributed by atoms with Crippen LogP contribution in [0.2, 0.25) is 0 Å². The Balaban J connectivity index is 1.70. The highest BCUT2D eigenvalue weighted by atomic mass is 32.1. The summed E-state index contributed by atoms with van der Waals surface area (Å²) in [5.74, 6) is 0. The van der Waals surface area contributed by atoms with Gasteiger partial charge in [0.2, 0.25) is 0 Å². The molecule has 100 valence electrons. The molecule has 2 aromatic heterocycles. The zero-order valence-corrected chi connectivity index (χ0v) is 11.9. The zero-order chi connectivity index (χ0) is 13.1. The van der Waals surface area contributed by atoms with Gasteiger partial charge in [-0.3, -0.25) is 9.88 Å². The smallest absolute Gasteiger partial charge is 0.142 e. The summed E-state index contributed by atoms with van der Waals surface area (Å²) in [6.45, 7) is 6.43. The van der Waals surface area contributed by atoms with Crippen LogP contribution >= 0.6 is 11.3 Å². The van der Waals surface area contributed by atoms with Crippen molar-refractivity contribution in [3.63, 3.8) is 0 Å². The fraction of sp³-hybridized carbons (Fsp3) is 0.429. The van der Waals surface area contributed by atoms with E-state index in [1.165, 1.54) is 0 Å². The minimum absolute atomic E-state index is 0.671. The molecule has 0 saturated carbocycles. The van der Waals surface area contributed by atoms with E-state index in [4.69, 9.17) is 4.98 Å². The third-order valence-electron chi connectivity index (χ3n) is 3.48. The fourth-order valence-electron chi connectivity index (χ4n) is 2.23. The number of rotatable bonds is 5. The molecule has 1 aliphatic heterocycles. The first kappa shape index (κ1) is 12.7. The van der Waals surface area contributed by atoms with Crippen molar-refractivity contribution in [2.75, 3.05) is 19.6 Å². The molecule has 0 bridgehead atoms. The van der Waals surface area contributed by atoms with Gasteiger partial charge in [0.25, 0.3) is 0 Å². The molecule has 0 aliphatic carbocycles. The number of likely N-dealkylation sites (N-methyl/N-ethyl adjacent to an activating group) is 1. The first-order chi connectivity index (χ1) is 9.36. The van der Waals surface area contributed by atoms with Crippen LogP contribution in [0, 0.1) is 0 Å². The van der Waals surface area contributed by atoms with Crippen molar-refractivity contribution in [3.05, 3.63) is 35.5 Å². The van der Waals surface area contributed by atoms with Crippen LogP contribution in [0.4, 0.5) is 0 Å². The van der Waals surface area contributed by atoms with Crippen molar-refractivity contribution in [1.29, 1.82) is 0 Å². The molecule has 0 atom stereocenters. The summed E-state index contributed by atoms with van der Waals surface area (Å²) in [7, 11) is 0. The SMILES string of the molecule is CCN(Cc1csc(-c2ccccn2)n1)C1CNC1. The topological polar surface area (TPSA) is 41.1 Å². The summed E-state index contributed by atoms with van der Waals surface area (Å²) in [6.07, 6.45) is 1.81. The minimum atomic E-state index is 0.671. The molecule has 0 radical (unpaired) electrons. The van der Waals surface area contributed by atoms with Gasteiger partial charge in [0.15, 0.2) is 0 Å². The molecule has 3 rings (SSSR count). The Kier molecular flexibility index (Phi) is 3.87. The molecule has 1 saturated heterocycles. The van der Waals surface area contributed by atoms with Crippen LogP contribution in [0.5, 0.6) is 0 Å². The summed E-state index contributed by atoms with van der Waals surface area (Å²) in [6, 6.07) is 6.61. The Morgan fingerprint density at radius 1 is 1.42 bits per heavy atom. The predicted octanol–water partition coefficient (Wildman–Crippen LogP) is 2.00. The van der Waals surface area contributed by atoms with Crippen LogP contribution in [-0.4, -0.2) is 40.5 Å². The number of thiazole rings is 1. The average molecular weight is 274 g/mol. The van der Waals surface area contributed by atoms with Crippen molar-refractivity contribution in [2.45, 2.75) is 19.5 Å². The van der Waals surface area contributed by atoms with E-state index in [0.29, 0.717) is 6.04 Å². The molecular formula is C14H18N4S. The summed E-state index contributed by atoms with van der Waals surface area (Å²) in [5, 5.41) is 6.49. The third-order valence-corrected chi connectivity index (χ3v) is 4.40. The molecule has 1 fully saturated rings. The quantitative estimate of drug-likeness (QED) is 0.905. The highest BCUT2D eigenvalue weighted by Gasteiger charge is 2.23. The molecule has 3 heterocycles. The first-order valence-electron chi connectivity index (χ1n) is 6.67. The Morgan fingerprint density at radius 2 is 2.32 bits per heavy atom. The lowest BCUT2D eigenvalue weighted by atomic mass is 10.1. The number of hydrogen-bond donors (Lipinski definition) is 1. The van der Waals surface area contributed by atoms with E-state index in [9.17, 15) is 0 Å². The molecule has 1 N–H and O–H groups in total. The van der Waals surface area contributed by atoms with Crippen molar-refractivity contribution >= 4 is 11.3 Å². The highest BCUT2D eigenvalue weighted by Crippen LogP contribution is 2.22. The van der Waals surface area contributed by atoms with Gasteiger partial charge in [-0.05, 0) is 18.7 Å². The van der Waals surface area contributed by atoms with Gasteiger partial charge in [0, 0.05) is 37.3 Å². The number of aromatic nitrogens is 2. The lowest BCUT2D eigenvalue weighted by molar-refractivity contribution is 0.144. The number of nitrogens with zero attached hydrogens (tertiary/aromatic N) is 3. The van der Waals surface area contributed by atoms with Gasteiger partial charge in [-0.1, -0.05) is 13.0 Å². The molecule has 5 heteroatoms. The Labute approximate surface area is 117 Å². The Bertz CT molecular complexity index is 521. The molecule has 4 nitrogen and oxygen atoms in total. The van der Waals surface area contributed by atoms with E-state index in [2.05, 4.69) is 27.5 Å². The van der Waals surface area contributed by atoms with Crippen LogP contribution < -0.4 is 5.32 Å². The second-order valence-corrected chi connectivity index (χ2v) is 5.59. The lowest BCUT2D eigenvalue weighted by Gasteiger charge is -2.37. The highest BCUT2D eigenvalue weighted by molar-refractivity contribution is 7.13. The van der Waals surface area contributed by atoms with E-state index in [0.717, 1.165) is 42.6 Å². The molecule has 0 aromatic carbocycles. The van der Waals surface area contributed by atoms with Crippen molar-refractivity contribution in [1.82, 2.24) is 20.2 Å². The largest absolute Gasteiger partial charge is 0.314 e. The van der Waals surface area contributed by atoms with E-state index < -0.39 is 0 Å². The maximum absolute atomic E-state index is 4.70. The van der Waals surface area contributed by atoms with Crippen LogP contribution in [0.25, 0.3) is 10.7 Å². The predicted molar refractivity (Wildman–Crippen MR) is 78.1 cm³/mol. The van der Waals surface area contributed by atoms with Gasteiger partial charge in [-0.25, -0.2) is 4.98 Å². The second kappa shape index (κ2) is 5.77. The molecule has 2 aromatic rings. The maximum Gasteiger partial charge on any atom is 0.142 e. The van der Waals surface area contributed by atoms with Gasteiger partial charge < -0.3 is 5.32 Å². The molecule has 0 spiro atoms. The standard InChI is InChI=1S/C14H18N4S/c1-2-18(12-7-15-8-12)9-11-10-19-14(17-11)13-5-3-4-6-16-13/h3-6,10,12,15H,2,7-9H2,1H3. The Morgan fingerprint density at radius 3 is 2.95 bits per heavy atom. The average Bonchev–Trinajstić information content (AvgIpc) is 2.85. The minimum Gasteiger partial charge on any atom is -0.314 e. The molecule has 0 amide bonds. The van der Waals surface area contributed by atoms with Crippen molar-refractivity contribution in [2.24, 2.45) is 0 Å². The van der Waals surface area contributed by atoms with Gasteiger partial charge >= 0.3 is 0 Å². The lowest BCUT2D eigenvalue weighted by Crippen LogP contribution is -2.56. The molecule has 1 aliphatic rings. The zero-order valence-electron chi connectivity index (χ0n) is 11.0. The van der Waals surface area contributed by atoms with E-state index in [1.807, 2.05) is 24.4 Å². The van der Waals surface area contributed by atoms with E-state index in [1.54, 1.807) is 11.3 Å². The maximum atomic E-state index is 4.70. The van der Waals surface area contributed by atoms with Gasteiger partial charge in [0.1, 0.15) is 5.01 Å². The first-order valence-corrected chi connectivity index (χ1v) is 7.55. The summed E-state index contributed by atoms with van der Waals surface area (Å²) < 4.78 is 0. The van der Waals surface area contributed by atoms with Crippen molar-refractivity contribution in [3.8, 4) is 10.7 Å². The van der Waals surface area contributed by atoms with Crippen LogP contribution in [0.1, 0.15) is 12.6 Å². The van der Waals surface area contributed by atoms with Crippen LogP contribution in [0.15, 0.2) is 29.8 Å². The fourth-order valence-corrected chi connectivity index (χ4v) is 3.01. The molecular weight excluding hydrogens is 256 g/mol. The van der Waals surface area contributed by atoms with Crippen molar-refractivity contribution < 1.29 is 0 Å².